The Labute approximate surface area is 166 Å². The molecule has 0 saturated heterocycles. The van der Waals surface area contributed by atoms with Gasteiger partial charge in [-0.2, -0.15) is 0 Å². The average molecular weight is 400 g/mol. The van der Waals surface area contributed by atoms with Gasteiger partial charge >= 0.3 is 5.97 Å². The van der Waals surface area contributed by atoms with Gasteiger partial charge in [-0.3, -0.25) is 0 Å². The molecule has 0 bridgehead atoms. The number of esters is 1. The number of hydrogen-bond acceptors (Lipinski definition) is 6. The van der Waals surface area contributed by atoms with Crippen molar-refractivity contribution in [3.05, 3.63) is 45.1 Å². The second-order valence-corrected chi connectivity index (χ2v) is 8.70. The third kappa shape index (κ3) is 3.51. The van der Waals surface area contributed by atoms with Crippen LogP contribution >= 0.6 is 22.7 Å². The molecule has 2 aromatic heterocycles. The summed E-state index contributed by atoms with van der Waals surface area (Å²) < 4.78 is 6.32. The monoisotopic (exact) mass is 399 g/mol. The van der Waals surface area contributed by atoms with Crippen LogP contribution in [0.4, 0.5) is 5.00 Å². The normalized spacial score (nSPS) is 14.4. The zero-order valence-electron chi connectivity index (χ0n) is 15.2. The Morgan fingerprint density at radius 1 is 1.22 bits per heavy atom. The standard InChI is InChI=1S/C21H21NO3S2/c1-2-25-21(24)18-13-8-4-3-5-10-15(13)27-20(18)22-12-17-19(23)14-9-6-7-11-16(14)26-17/h6-7,9,11-12,23H,2-5,8,10H2,1H3. The number of rotatable bonds is 4. The number of fused-ring (bicyclic) bond motifs is 2. The summed E-state index contributed by atoms with van der Waals surface area (Å²) in [5.41, 5.74) is 1.74. The number of benzene rings is 1. The van der Waals surface area contributed by atoms with Crippen molar-refractivity contribution < 1.29 is 14.6 Å². The predicted molar refractivity (Wildman–Crippen MR) is 112 cm³/mol. The highest BCUT2D eigenvalue weighted by molar-refractivity contribution is 7.21. The summed E-state index contributed by atoms with van der Waals surface area (Å²) in [4.78, 5) is 19.2. The Kier molecular flexibility index (Phi) is 5.27. The molecule has 0 radical (unpaired) electrons. The predicted octanol–water partition coefficient (Wildman–Crippen LogP) is 5.86. The van der Waals surface area contributed by atoms with E-state index in [-0.39, 0.29) is 11.7 Å². The molecule has 0 saturated carbocycles. The van der Waals surface area contributed by atoms with Crippen molar-refractivity contribution in [1.29, 1.82) is 0 Å². The SMILES string of the molecule is CCOC(=O)c1c(N=Cc2sc3ccccc3c2O)sc2c1CCCCC2. The fraction of sp³-hybridized carbons (Fsp3) is 0.333. The van der Waals surface area contributed by atoms with Crippen molar-refractivity contribution in [1.82, 2.24) is 0 Å². The molecule has 0 spiro atoms. The molecule has 1 aromatic carbocycles. The van der Waals surface area contributed by atoms with Gasteiger partial charge < -0.3 is 9.84 Å². The van der Waals surface area contributed by atoms with E-state index in [1.165, 1.54) is 22.6 Å². The van der Waals surface area contributed by atoms with Crippen molar-refractivity contribution in [2.75, 3.05) is 6.61 Å². The number of aliphatic imine (C=N–C) groups is 1. The van der Waals surface area contributed by atoms with Crippen LogP contribution in [-0.2, 0) is 17.6 Å². The van der Waals surface area contributed by atoms with Crippen molar-refractivity contribution >= 4 is 49.9 Å². The quantitative estimate of drug-likeness (QED) is 0.339. The first kappa shape index (κ1) is 18.2. The van der Waals surface area contributed by atoms with Crippen LogP contribution in [0.2, 0.25) is 0 Å². The van der Waals surface area contributed by atoms with E-state index in [0.717, 1.165) is 41.3 Å². The van der Waals surface area contributed by atoms with E-state index in [2.05, 4.69) is 4.99 Å². The molecule has 1 N–H and O–H groups in total. The van der Waals surface area contributed by atoms with Crippen molar-refractivity contribution in [3.63, 3.8) is 0 Å². The number of hydrogen-bond donors (Lipinski definition) is 1. The van der Waals surface area contributed by atoms with Gasteiger partial charge in [0.25, 0.3) is 0 Å². The first-order valence-corrected chi connectivity index (χ1v) is 10.9. The molecule has 2 heterocycles. The molecule has 1 aliphatic carbocycles. The van der Waals surface area contributed by atoms with Gasteiger partial charge in [-0.15, -0.1) is 22.7 Å². The van der Waals surface area contributed by atoms with Crippen LogP contribution in [0, 0.1) is 0 Å². The summed E-state index contributed by atoms with van der Waals surface area (Å²) >= 11 is 3.08. The van der Waals surface area contributed by atoms with Gasteiger partial charge in [-0.05, 0) is 50.3 Å². The Morgan fingerprint density at radius 3 is 2.85 bits per heavy atom. The van der Waals surface area contributed by atoms with Gasteiger partial charge in [0, 0.05) is 21.2 Å². The lowest BCUT2D eigenvalue weighted by Gasteiger charge is -2.05. The summed E-state index contributed by atoms with van der Waals surface area (Å²) in [6.07, 6.45) is 7.01. The number of aromatic hydroxyl groups is 1. The van der Waals surface area contributed by atoms with E-state index in [1.54, 1.807) is 17.6 Å². The summed E-state index contributed by atoms with van der Waals surface area (Å²) in [6, 6.07) is 7.74. The molecule has 4 rings (SSSR count). The van der Waals surface area contributed by atoms with Crippen LogP contribution in [0.3, 0.4) is 0 Å². The number of ether oxygens (including phenoxy) is 1. The minimum atomic E-state index is -0.287. The van der Waals surface area contributed by atoms with Crippen LogP contribution in [0.15, 0.2) is 29.3 Å². The molecule has 0 atom stereocenters. The molecular formula is C21H21NO3S2. The van der Waals surface area contributed by atoms with E-state index in [9.17, 15) is 9.90 Å². The van der Waals surface area contributed by atoms with E-state index in [0.29, 0.717) is 22.0 Å². The zero-order chi connectivity index (χ0) is 18.8. The molecule has 1 aliphatic rings. The van der Waals surface area contributed by atoms with Crippen LogP contribution in [-0.4, -0.2) is 23.9 Å². The summed E-state index contributed by atoms with van der Waals surface area (Å²) in [6.45, 7) is 2.17. The molecule has 140 valence electrons. The first-order valence-electron chi connectivity index (χ1n) is 9.25. The van der Waals surface area contributed by atoms with Crippen molar-refractivity contribution in [3.8, 4) is 5.75 Å². The Hall–Kier alpha value is -2.18. The van der Waals surface area contributed by atoms with E-state index in [1.807, 2.05) is 31.2 Å². The first-order chi connectivity index (χ1) is 13.2. The van der Waals surface area contributed by atoms with Gasteiger partial charge in [-0.1, -0.05) is 18.6 Å². The van der Waals surface area contributed by atoms with Crippen LogP contribution < -0.4 is 0 Å². The number of carbonyl (C=O) groups excluding carboxylic acids is 1. The number of nitrogens with zero attached hydrogens (tertiary/aromatic N) is 1. The number of thiophene rings is 2. The minimum absolute atomic E-state index is 0.246. The van der Waals surface area contributed by atoms with Gasteiger partial charge in [0.2, 0.25) is 0 Å². The highest BCUT2D eigenvalue weighted by Crippen LogP contribution is 2.41. The largest absolute Gasteiger partial charge is 0.506 e. The third-order valence-corrected chi connectivity index (χ3v) is 7.07. The van der Waals surface area contributed by atoms with Gasteiger partial charge in [-0.25, -0.2) is 9.79 Å². The summed E-state index contributed by atoms with van der Waals surface area (Å²) in [5, 5.41) is 12.0. The smallest absolute Gasteiger partial charge is 0.341 e. The van der Waals surface area contributed by atoms with Gasteiger partial charge in [0.1, 0.15) is 10.8 Å². The number of carbonyl (C=O) groups is 1. The average Bonchev–Trinajstić information content (AvgIpc) is 3.08. The molecule has 0 fully saturated rings. The molecule has 4 nitrogen and oxygen atoms in total. The lowest BCUT2D eigenvalue weighted by atomic mass is 10.1. The fourth-order valence-electron chi connectivity index (χ4n) is 3.49. The van der Waals surface area contributed by atoms with Crippen molar-refractivity contribution in [2.45, 2.75) is 39.0 Å². The second-order valence-electron chi connectivity index (χ2n) is 6.53. The summed E-state index contributed by atoms with van der Waals surface area (Å²) in [5.74, 6) is -0.0419. The van der Waals surface area contributed by atoms with Gasteiger partial charge in [0.15, 0.2) is 0 Å². The molecule has 0 unspecified atom stereocenters. The topological polar surface area (TPSA) is 58.9 Å². The van der Waals surface area contributed by atoms with Gasteiger partial charge in [0.05, 0.1) is 17.0 Å². The van der Waals surface area contributed by atoms with Crippen LogP contribution in [0.1, 0.15) is 51.9 Å². The highest BCUT2D eigenvalue weighted by Gasteiger charge is 2.25. The van der Waals surface area contributed by atoms with E-state index in [4.69, 9.17) is 4.74 Å². The Balaban J connectivity index is 1.75. The number of aryl methyl sites for hydroxylation is 1. The maximum Gasteiger partial charge on any atom is 0.341 e. The maximum atomic E-state index is 12.6. The molecule has 27 heavy (non-hydrogen) atoms. The Bertz CT molecular complexity index is 1020. The zero-order valence-corrected chi connectivity index (χ0v) is 16.8. The molecule has 3 aromatic rings. The van der Waals surface area contributed by atoms with E-state index >= 15 is 0 Å². The highest BCUT2D eigenvalue weighted by atomic mass is 32.1. The fourth-order valence-corrected chi connectivity index (χ4v) is 5.68. The third-order valence-electron chi connectivity index (χ3n) is 4.78. The lowest BCUT2D eigenvalue weighted by molar-refractivity contribution is 0.0526. The molecular weight excluding hydrogens is 378 g/mol. The van der Waals surface area contributed by atoms with Crippen molar-refractivity contribution in [2.24, 2.45) is 4.99 Å². The van der Waals surface area contributed by atoms with Crippen LogP contribution in [0.25, 0.3) is 10.1 Å². The summed E-state index contributed by atoms with van der Waals surface area (Å²) in [7, 11) is 0. The second kappa shape index (κ2) is 7.82. The molecule has 0 amide bonds. The molecule has 6 heteroatoms. The van der Waals surface area contributed by atoms with E-state index < -0.39 is 0 Å². The Morgan fingerprint density at radius 2 is 2.04 bits per heavy atom. The van der Waals surface area contributed by atoms with Crippen LogP contribution in [0.5, 0.6) is 5.75 Å². The minimum Gasteiger partial charge on any atom is -0.506 e. The molecule has 0 aliphatic heterocycles. The maximum absolute atomic E-state index is 12.6. The lowest BCUT2D eigenvalue weighted by Crippen LogP contribution is -2.07.